The third-order valence-corrected chi connectivity index (χ3v) is 29.9. The Morgan fingerprint density at radius 3 is 1.22 bits per heavy atom. The molecule has 2 bridgehead atoms. The zero-order chi connectivity index (χ0) is 102. The second kappa shape index (κ2) is 52.1. The van der Waals surface area contributed by atoms with E-state index in [1.165, 1.54) is 169 Å². The minimum Gasteiger partial charge on any atom is -0.282 e. The summed E-state index contributed by atoms with van der Waals surface area (Å²) in [6.07, 6.45) is 58.4. The topological polar surface area (TPSA) is 374 Å². The van der Waals surface area contributed by atoms with E-state index in [1.54, 1.807) is 6.08 Å². The summed E-state index contributed by atoms with van der Waals surface area (Å²) in [6.45, 7) is 24.0. The first-order chi connectivity index (χ1) is 67.5. The molecule has 0 N–H and O–H groups in total. The average Bonchev–Trinajstić information content (AvgIpc) is 1.57. The number of carbonyl (C=O) groups is 20. The molecule has 15 rings (SSSR count). The largest absolute Gasteiger partial charge is 0.282 e. The minimum absolute atomic E-state index is 0.0219. The van der Waals surface area contributed by atoms with Gasteiger partial charge < -0.3 is 0 Å². The van der Waals surface area contributed by atoms with Crippen molar-refractivity contribution in [1.82, 2.24) is 49.0 Å². The van der Waals surface area contributed by atoms with Gasteiger partial charge in [-0.15, -0.1) is 6.58 Å². The fourth-order valence-corrected chi connectivity index (χ4v) is 22.6. The number of allylic oxidation sites excluding steroid dienone is 6. The summed E-state index contributed by atoms with van der Waals surface area (Å²) in [4.78, 5) is 255. The molecule has 1 aromatic carbocycles. The van der Waals surface area contributed by atoms with Crippen molar-refractivity contribution in [2.24, 2.45) is 94.2 Å². The number of rotatable bonds is 46. The van der Waals surface area contributed by atoms with Crippen molar-refractivity contribution < 1.29 is 95.9 Å². The fourth-order valence-electron chi connectivity index (χ4n) is 22.6. The van der Waals surface area contributed by atoms with E-state index in [0.29, 0.717) is 133 Å². The van der Waals surface area contributed by atoms with Gasteiger partial charge in [0.15, 0.2) is 0 Å². The lowest BCUT2D eigenvalue weighted by molar-refractivity contribution is -0.142. The van der Waals surface area contributed by atoms with Crippen LogP contribution in [0.5, 0.6) is 0 Å². The predicted molar refractivity (Wildman–Crippen MR) is 527 cm³/mol. The van der Waals surface area contributed by atoms with E-state index in [2.05, 4.69) is 27.4 Å². The summed E-state index contributed by atoms with van der Waals surface area (Å²) < 4.78 is 0. The molecule has 0 radical (unpaired) electrons. The molecule has 10 heterocycles. The molecule has 15 atom stereocenters. The number of fused-ring (bicyclic) bond motifs is 6. The zero-order valence-corrected chi connectivity index (χ0v) is 83.8. The summed E-state index contributed by atoms with van der Waals surface area (Å²) in [5.41, 5.74) is 1.27. The monoisotopic (exact) mass is 1940 g/mol. The molecule has 14 aliphatic rings. The average molecular weight is 1940 g/mol. The SMILES string of the molecule is C=CCC1CC(=O)N(CC2CC3C4CC(CN5C(=O)C=CC5=O)C(C4)C3C2)C1=O.CC(CCCN1C(=O)C2CC=CCC2C1=O)CN1C(=O)C=CC1=O.CCCCCC/C=C/C1CC(=O)N(CC(C)(C)CC(C)CN2C(=O)C=CC2=O)C1=O.CCCCCC/C=C/C1CC(=O)N(CCCC(C)CN2C(=O)C=CC2=O)C1=O.CCCCCC/C=C/C1CC(=O)N(Cc2cccc(CN3C(=O)C=CC3=O)c2)C1=O. The summed E-state index contributed by atoms with van der Waals surface area (Å²) in [5, 5.41) is 0. The maximum absolute atomic E-state index is 12.8. The molecule has 1 aromatic rings. The Labute approximate surface area is 830 Å². The minimum atomic E-state index is -0.377. The Bertz CT molecular complexity index is 5040. The van der Waals surface area contributed by atoms with Crippen LogP contribution in [0.4, 0.5) is 0 Å². The number of unbranched alkanes of at least 4 members (excludes halogenated alkanes) is 12. The van der Waals surface area contributed by atoms with Crippen LogP contribution in [-0.4, -0.2) is 220 Å². The first-order valence-corrected chi connectivity index (χ1v) is 51.8. The number of carbonyl (C=O) groups excluding carboxylic acids is 20. The van der Waals surface area contributed by atoms with Gasteiger partial charge in [0.25, 0.3) is 59.1 Å². The normalized spacial score (nSPS) is 25.7. The van der Waals surface area contributed by atoms with Crippen LogP contribution in [0.15, 0.2) is 146 Å². The molecule has 0 aromatic heterocycles. The molecule has 3 saturated carbocycles. The summed E-state index contributed by atoms with van der Waals surface area (Å²) in [7, 11) is 0. The van der Waals surface area contributed by atoms with E-state index in [4.69, 9.17) is 0 Å². The molecule has 30 nitrogen and oxygen atoms in total. The van der Waals surface area contributed by atoms with Crippen molar-refractivity contribution in [3.63, 3.8) is 0 Å². The van der Waals surface area contributed by atoms with Crippen LogP contribution in [0.25, 0.3) is 0 Å². The van der Waals surface area contributed by atoms with Gasteiger partial charge in [-0.25, -0.2) is 0 Å². The van der Waals surface area contributed by atoms with Crippen molar-refractivity contribution in [3.8, 4) is 0 Å². The van der Waals surface area contributed by atoms with Crippen molar-refractivity contribution in [2.75, 3.05) is 52.4 Å². The van der Waals surface area contributed by atoms with Gasteiger partial charge in [-0.05, 0) is 185 Å². The van der Waals surface area contributed by atoms with E-state index in [0.717, 1.165) is 86.7 Å². The number of nitrogens with zero attached hydrogens (tertiary/aromatic N) is 10. The summed E-state index contributed by atoms with van der Waals surface area (Å²) in [5.74, 6) is -1.54. The maximum Gasteiger partial charge on any atom is 0.253 e. The van der Waals surface area contributed by atoms with Crippen LogP contribution in [-0.2, 0) is 109 Å². The van der Waals surface area contributed by atoms with Crippen LogP contribution in [0, 0.1) is 94.2 Å². The van der Waals surface area contributed by atoms with E-state index < -0.39 is 0 Å². The van der Waals surface area contributed by atoms with Crippen molar-refractivity contribution >= 4 is 118 Å². The van der Waals surface area contributed by atoms with Crippen molar-refractivity contribution in [1.29, 1.82) is 0 Å². The molecular weight excluding hydrogens is 1790 g/mol. The van der Waals surface area contributed by atoms with Gasteiger partial charge in [0.1, 0.15) is 0 Å². The number of hydrogen-bond acceptors (Lipinski definition) is 20. The Balaban J connectivity index is 0.000000169. The van der Waals surface area contributed by atoms with Gasteiger partial charge in [-0.3, -0.25) is 145 Å². The van der Waals surface area contributed by atoms with Crippen molar-refractivity contribution in [3.05, 3.63) is 157 Å². The standard InChI is InChI=1S/C24H28N2O4.C24H36N2O4.C23H28N2O4.C22H32N2O4.C18H22N2O4/c1-2-3-4-5-6-7-11-20-15-23(29)26(24(20)30)17-19-10-8-9-18(14-19)16-25-21(27)12-13-22(25)28;1-5-6-7-8-9-10-11-19-14-22(29)26(23(19)30)17-24(3,4)15-18(2)16-25-20(27)12-13-21(25)28;1-2-3-14-10-22(28)25(23(14)29)11-13-6-17-15-8-16(18(9-15)19(17)7-13)12-24-20(26)4-5-21(24)27;1-3-4-5-6-7-8-11-18-15-21(27)23(22(18)28)14-9-10-17(2)16-24-19(25)12-13-20(24)26;1-12(11-20-15(21)8-9-16(20)22)5-4-10-19-17(23)13-6-2-3-7-14(13)18(19)24/h7-14,20H,2-6,15-17H2,1H3;10-13,18-19H,5-9,14-17H2,1-4H3;2,4-5,13-19H,1,3,6-12H2;8,11-13,17-18H,3-7,9-10,14-16H2,1-2H3;2-3,8-9,12-14H,4-7,10-11H2,1H3/b11-7+;11-10+;;11-8+;. The second-order valence-electron chi connectivity index (χ2n) is 41.7. The van der Waals surface area contributed by atoms with E-state index in [9.17, 15) is 95.9 Å². The van der Waals surface area contributed by atoms with Gasteiger partial charge in [0, 0.05) is 139 Å². The first kappa shape index (κ1) is 109. The van der Waals surface area contributed by atoms with E-state index >= 15 is 0 Å². The second-order valence-corrected chi connectivity index (χ2v) is 41.7. The number of benzene rings is 1. The lowest BCUT2D eigenvalue weighted by Gasteiger charge is -2.33. The molecule has 4 aliphatic carbocycles. The molecule has 0 spiro atoms. The molecule has 20 amide bonds. The molecular formula is C111H146N10O20. The third kappa shape index (κ3) is 29.4. The van der Waals surface area contributed by atoms with Gasteiger partial charge in [0.2, 0.25) is 59.1 Å². The highest BCUT2D eigenvalue weighted by atomic mass is 16.2. The Morgan fingerprint density at radius 2 is 0.766 bits per heavy atom. The van der Waals surface area contributed by atoms with Crippen LogP contribution in [0.1, 0.15) is 266 Å². The van der Waals surface area contributed by atoms with Gasteiger partial charge in [0.05, 0.1) is 48.6 Å². The van der Waals surface area contributed by atoms with Crippen LogP contribution >= 0.6 is 0 Å². The quantitative estimate of drug-likeness (QED) is 0.0332. The summed E-state index contributed by atoms with van der Waals surface area (Å²) >= 11 is 0. The van der Waals surface area contributed by atoms with E-state index in [-0.39, 0.29) is 209 Å². The van der Waals surface area contributed by atoms with E-state index in [1.807, 2.05) is 107 Å². The number of amides is 20. The highest BCUT2D eigenvalue weighted by Crippen LogP contribution is 2.62. The summed E-state index contributed by atoms with van der Waals surface area (Å²) in [6, 6.07) is 7.30. The van der Waals surface area contributed by atoms with Crippen LogP contribution < -0.4 is 0 Å². The Hall–Kier alpha value is -12.0. The fraction of sp³-hybridized carbons (Fsp3) is 0.586. The first-order valence-electron chi connectivity index (χ1n) is 51.8. The number of hydrogen-bond donors (Lipinski definition) is 0. The smallest absolute Gasteiger partial charge is 0.253 e. The lowest BCUT2D eigenvalue weighted by Crippen LogP contribution is -2.41. The molecule has 760 valence electrons. The molecule has 8 fully saturated rings. The maximum atomic E-state index is 12.8. The van der Waals surface area contributed by atoms with Gasteiger partial charge >= 0.3 is 0 Å². The molecule has 10 aliphatic heterocycles. The molecule has 30 heteroatoms. The van der Waals surface area contributed by atoms with Gasteiger partial charge in [-0.2, -0.15) is 0 Å². The molecule has 141 heavy (non-hydrogen) atoms. The Morgan fingerprint density at radius 1 is 0.376 bits per heavy atom. The lowest BCUT2D eigenvalue weighted by atomic mass is 9.75. The van der Waals surface area contributed by atoms with Crippen LogP contribution in [0.3, 0.4) is 0 Å². The zero-order valence-electron chi connectivity index (χ0n) is 83.8. The Kier molecular flexibility index (Phi) is 40.5. The molecule has 5 saturated heterocycles. The predicted octanol–water partition coefficient (Wildman–Crippen LogP) is 14.0. The molecule has 15 unspecified atom stereocenters. The van der Waals surface area contributed by atoms with Crippen molar-refractivity contribution in [2.45, 2.75) is 268 Å². The number of imide groups is 10. The highest BCUT2D eigenvalue weighted by molar-refractivity contribution is 6.16. The number of likely N-dealkylation sites (tertiary alicyclic amines) is 5. The highest BCUT2D eigenvalue weighted by Gasteiger charge is 2.57. The third-order valence-electron chi connectivity index (χ3n) is 29.9. The van der Waals surface area contributed by atoms with Crippen LogP contribution in [0.2, 0.25) is 0 Å². The van der Waals surface area contributed by atoms with Gasteiger partial charge in [-0.1, -0.05) is 192 Å².